The SMILES string of the molecule is COc1c(N2CCN(C(=O)Cn3cc(Cn4c(O)c(N=O)c5cc(C)ccc54)nn3)C(C)C2)c(F)cc2c(=O)c(C(=O)O)cn(C3CC3)c12. The highest BCUT2D eigenvalue weighted by Crippen LogP contribution is 2.44. The summed E-state index contributed by atoms with van der Waals surface area (Å²) in [4.78, 5) is 53.2. The van der Waals surface area contributed by atoms with Gasteiger partial charge in [-0.05, 0) is 50.1 Å². The minimum Gasteiger partial charge on any atom is -0.493 e. The van der Waals surface area contributed by atoms with Crippen molar-refractivity contribution >= 4 is 45.1 Å². The van der Waals surface area contributed by atoms with E-state index in [0.717, 1.165) is 24.5 Å². The van der Waals surface area contributed by atoms with E-state index in [2.05, 4.69) is 15.5 Å². The number of nitroso groups, excluding NO2 is 1. The summed E-state index contributed by atoms with van der Waals surface area (Å²) in [5.41, 5.74) is 1.20. The molecular formula is C33H33FN8O7. The van der Waals surface area contributed by atoms with Crippen LogP contribution < -0.4 is 15.1 Å². The summed E-state index contributed by atoms with van der Waals surface area (Å²) in [6.07, 6.45) is 4.49. The lowest BCUT2D eigenvalue weighted by atomic mass is 10.1. The summed E-state index contributed by atoms with van der Waals surface area (Å²) < 4.78 is 26.2. The number of methoxy groups -OCH3 is 1. The lowest BCUT2D eigenvalue weighted by Gasteiger charge is -2.41. The van der Waals surface area contributed by atoms with Gasteiger partial charge in [-0.25, -0.2) is 13.9 Å². The molecule has 1 aliphatic heterocycles. The van der Waals surface area contributed by atoms with Crippen LogP contribution in [0.2, 0.25) is 0 Å². The number of aryl methyl sites for hydroxylation is 1. The summed E-state index contributed by atoms with van der Waals surface area (Å²) in [5, 5.41) is 32.0. The fourth-order valence-corrected chi connectivity index (χ4v) is 6.82. The molecule has 2 N–H and O–H groups in total. The van der Waals surface area contributed by atoms with Crippen molar-refractivity contribution in [3.05, 3.63) is 74.4 Å². The number of aromatic carboxylic acids is 1. The van der Waals surface area contributed by atoms with Gasteiger partial charge in [-0.3, -0.25) is 9.59 Å². The Balaban J connectivity index is 1.09. The van der Waals surface area contributed by atoms with Crippen molar-refractivity contribution in [3.63, 3.8) is 0 Å². The molecule has 5 aromatic rings. The molecule has 7 rings (SSSR count). The Morgan fingerprint density at radius 2 is 1.92 bits per heavy atom. The minimum atomic E-state index is -1.38. The van der Waals surface area contributed by atoms with Gasteiger partial charge in [-0.15, -0.1) is 10.0 Å². The third-order valence-corrected chi connectivity index (χ3v) is 9.30. The number of carbonyl (C=O) groups excluding carboxylic acids is 1. The first-order valence-electron chi connectivity index (χ1n) is 15.8. The number of nitrogens with zero attached hydrogens (tertiary/aromatic N) is 8. The standard InChI is InChI=1S/C33H33FN8O7/c1-17-4-7-25-21(10-17)27(36-48)32(45)42(25)14-19-13-39(37-35-19)16-26(43)40-9-8-38(12-18(40)2)29-24(34)11-22-28(31(29)49-3)41(20-5-6-20)15-23(30(22)44)33(46)47/h4,7,10-11,13,15,18,20,45H,5-6,8-9,12,14,16H2,1-3H3,(H,46,47). The number of hydrogen-bond donors (Lipinski definition) is 2. The Bertz CT molecular complexity index is 2240. The number of halogens is 1. The third-order valence-electron chi connectivity index (χ3n) is 9.30. The van der Waals surface area contributed by atoms with Crippen molar-refractivity contribution in [1.29, 1.82) is 0 Å². The maximum absolute atomic E-state index is 15.8. The highest BCUT2D eigenvalue weighted by molar-refractivity contribution is 5.97. The van der Waals surface area contributed by atoms with Gasteiger partial charge in [0.05, 0.1) is 36.3 Å². The number of carboxylic acids is 1. The van der Waals surface area contributed by atoms with Crippen LogP contribution in [0.1, 0.15) is 47.4 Å². The normalized spacial score (nSPS) is 16.4. The predicted molar refractivity (Wildman–Crippen MR) is 176 cm³/mol. The zero-order valence-electron chi connectivity index (χ0n) is 27.0. The van der Waals surface area contributed by atoms with Crippen LogP contribution in [0.15, 0.2) is 46.6 Å². The molecule has 0 bridgehead atoms. The zero-order chi connectivity index (χ0) is 34.7. The molecule has 1 atom stereocenters. The molecule has 2 fully saturated rings. The molecule has 1 amide bonds. The highest BCUT2D eigenvalue weighted by atomic mass is 19.1. The molecule has 0 spiro atoms. The van der Waals surface area contributed by atoms with Crippen LogP contribution in [0.3, 0.4) is 0 Å². The molecule has 3 aromatic heterocycles. The number of fused-ring (bicyclic) bond motifs is 2. The van der Waals surface area contributed by atoms with Crippen molar-refractivity contribution in [2.24, 2.45) is 5.18 Å². The van der Waals surface area contributed by atoms with Crippen LogP contribution in [-0.2, 0) is 17.9 Å². The van der Waals surface area contributed by atoms with Gasteiger partial charge in [-0.1, -0.05) is 16.8 Å². The van der Waals surface area contributed by atoms with Crippen LogP contribution in [0.25, 0.3) is 21.8 Å². The monoisotopic (exact) mass is 672 g/mol. The van der Waals surface area contributed by atoms with E-state index in [1.54, 1.807) is 32.7 Å². The Morgan fingerprint density at radius 1 is 1.14 bits per heavy atom. The summed E-state index contributed by atoms with van der Waals surface area (Å²) in [6.45, 7) is 4.50. The Kier molecular flexibility index (Phi) is 7.80. The summed E-state index contributed by atoms with van der Waals surface area (Å²) in [5.74, 6) is -2.47. The van der Waals surface area contributed by atoms with E-state index in [4.69, 9.17) is 4.74 Å². The van der Waals surface area contributed by atoms with Crippen molar-refractivity contribution in [3.8, 4) is 11.6 Å². The molecular weight excluding hydrogens is 639 g/mol. The predicted octanol–water partition coefficient (Wildman–Crippen LogP) is 3.93. The first kappa shape index (κ1) is 31.8. The van der Waals surface area contributed by atoms with Gasteiger partial charge in [0.25, 0.3) is 0 Å². The van der Waals surface area contributed by atoms with Gasteiger partial charge in [0.2, 0.25) is 17.2 Å². The first-order valence-corrected chi connectivity index (χ1v) is 15.8. The molecule has 16 heteroatoms. The quantitative estimate of drug-likeness (QED) is 0.218. The Morgan fingerprint density at radius 3 is 2.59 bits per heavy atom. The van der Waals surface area contributed by atoms with Crippen LogP contribution in [0.4, 0.5) is 15.8 Å². The summed E-state index contributed by atoms with van der Waals surface area (Å²) in [6, 6.07) is 6.13. The van der Waals surface area contributed by atoms with E-state index >= 15 is 4.39 Å². The van der Waals surface area contributed by atoms with Crippen LogP contribution in [0.5, 0.6) is 11.6 Å². The topological polar surface area (TPSA) is 177 Å². The molecule has 15 nitrogen and oxygen atoms in total. The number of hydrogen-bond acceptors (Lipinski definition) is 10. The number of carboxylic acid groups (broad SMARTS) is 1. The smallest absolute Gasteiger partial charge is 0.341 e. The maximum Gasteiger partial charge on any atom is 0.341 e. The van der Waals surface area contributed by atoms with Crippen molar-refractivity contribution in [2.75, 3.05) is 31.6 Å². The molecule has 0 radical (unpaired) electrons. The fourth-order valence-electron chi connectivity index (χ4n) is 6.82. The largest absolute Gasteiger partial charge is 0.493 e. The van der Waals surface area contributed by atoms with E-state index < -0.39 is 22.8 Å². The van der Waals surface area contributed by atoms with Gasteiger partial charge < -0.3 is 33.9 Å². The van der Waals surface area contributed by atoms with Crippen LogP contribution in [-0.4, -0.2) is 83.9 Å². The molecule has 1 unspecified atom stereocenters. The molecule has 1 saturated carbocycles. The number of benzene rings is 2. The average Bonchev–Trinajstić information content (AvgIpc) is 3.76. The second kappa shape index (κ2) is 12.0. The van der Waals surface area contributed by atoms with E-state index in [9.17, 15) is 29.5 Å². The van der Waals surface area contributed by atoms with Gasteiger partial charge in [0.15, 0.2) is 17.3 Å². The third kappa shape index (κ3) is 5.42. The van der Waals surface area contributed by atoms with Crippen molar-refractivity contribution in [2.45, 2.75) is 51.9 Å². The number of piperazine rings is 1. The van der Waals surface area contributed by atoms with Gasteiger partial charge in [0.1, 0.15) is 23.5 Å². The number of rotatable bonds is 9. The number of aromatic nitrogens is 5. The second-order valence-corrected chi connectivity index (χ2v) is 12.6. The number of ether oxygens (including phenoxy) is 1. The second-order valence-electron chi connectivity index (χ2n) is 12.6. The number of carbonyl (C=O) groups is 2. The zero-order valence-corrected chi connectivity index (χ0v) is 27.0. The van der Waals surface area contributed by atoms with Gasteiger partial charge in [-0.2, -0.15) is 0 Å². The van der Waals surface area contributed by atoms with Crippen molar-refractivity contribution in [1.82, 2.24) is 29.0 Å². The number of pyridine rings is 1. The maximum atomic E-state index is 15.8. The van der Waals surface area contributed by atoms with Crippen molar-refractivity contribution < 1.29 is 28.9 Å². The van der Waals surface area contributed by atoms with Crippen LogP contribution >= 0.6 is 0 Å². The molecule has 2 aliphatic rings. The van der Waals surface area contributed by atoms with E-state index in [-0.39, 0.29) is 79.1 Å². The average molecular weight is 673 g/mol. The Hall–Kier alpha value is -5.80. The Labute approximate surface area is 277 Å². The molecule has 2 aromatic carbocycles. The lowest BCUT2D eigenvalue weighted by molar-refractivity contribution is -0.134. The number of amides is 1. The van der Waals surface area contributed by atoms with E-state index in [1.165, 1.54) is 22.6 Å². The fraction of sp³-hybridized carbons (Fsp3) is 0.364. The minimum absolute atomic E-state index is 0.0254. The highest BCUT2D eigenvalue weighted by Gasteiger charge is 2.34. The van der Waals surface area contributed by atoms with Crippen LogP contribution in [0, 0.1) is 17.6 Å². The summed E-state index contributed by atoms with van der Waals surface area (Å²) >= 11 is 0. The van der Waals surface area contributed by atoms with E-state index in [0.29, 0.717) is 22.1 Å². The molecule has 254 valence electrons. The van der Waals surface area contributed by atoms with Gasteiger partial charge >= 0.3 is 5.97 Å². The number of aromatic hydroxyl groups is 1. The molecule has 4 heterocycles. The summed E-state index contributed by atoms with van der Waals surface area (Å²) in [7, 11) is 1.39. The van der Waals surface area contributed by atoms with E-state index in [1.807, 2.05) is 19.9 Å². The lowest BCUT2D eigenvalue weighted by Crippen LogP contribution is -2.55. The number of anilines is 1. The molecule has 49 heavy (non-hydrogen) atoms. The van der Waals surface area contributed by atoms with Gasteiger partial charge in [0, 0.05) is 43.3 Å². The molecule has 1 saturated heterocycles. The molecule has 1 aliphatic carbocycles. The first-order chi connectivity index (χ1) is 23.5.